The van der Waals surface area contributed by atoms with Crippen LogP contribution in [0.15, 0.2) is 48.5 Å². The number of pyridine rings is 1. The number of rotatable bonds is 7. The second-order valence-electron chi connectivity index (χ2n) is 9.18. The minimum absolute atomic E-state index is 0. The molecule has 37 heavy (non-hydrogen) atoms. The van der Waals surface area contributed by atoms with Gasteiger partial charge in [-0.3, -0.25) is 9.59 Å². The van der Waals surface area contributed by atoms with Gasteiger partial charge in [-0.05, 0) is 50.2 Å². The summed E-state index contributed by atoms with van der Waals surface area (Å²) < 4.78 is 24.5. The van der Waals surface area contributed by atoms with E-state index < -0.39 is 28.6 Å². The van der Waals surface area contributed by atoms with Gasteiger partial charge in [0.2, 0.25) is 11.6 Å². The van der Waals surface area contributed by atoms with Gasteiger partial charge in [-0.1, -0.05) is 12.1 Å². The highest BCUT2D eigenvalue weighted by molar-refractivity contribution is 5.95. The van der Waals surface area contributed by atoms with E-state index in [1.165, 1.54) is 56.5 Å². The fraction of sp³-hybridized carbons (Fsp3) is 0.259. The maximum atomic E-state index is 13.6. The molecule has 0 unspecified atom stereocenters. The normalized spacial score (nSPS) is 17.6. The first kappa shape index (κ1) is 25.6. The Kier molecular flexibility index (Phi) is 6.59. The Bertz CT molecular complexity index is 1440. The zero-order valence-electron chi connectivity index (χ0n) is 20.5. The summed E-state index contributed by atoms with van der Waals surface area (Å²) in [6.07, 6.45) is 0. The number of aliphatic hydroxyl groups is 1. The number of nitrogens with one attached hydrogen (secondary N) is 1. The number of nitrogens with zero attached hydrogens (tertiary/aromatic N) is 2. The van der Waals surface area contributed by atoms with Crippen LogP contribution in [0, 0.1) is 12.4 Å². The Morgan fingerprint density at radius 2 is 2.03 bits per heavy atom. The van der Waals surface area contributed by atoms with Crippen molar-refractivity contribution in [1.82, 2.24) is 10.3 Å². The topological polar surface area (TPSA) is 128 Å². The number of halogens is 1. The number of nitrogens with two attached hydrogens (primary N) is 1. The molecule has 2 heterocycles. The minimum Gasteiger partial charge on any atom is -0.508 e. The summed E-state index contributed by atoms with van der Waals surface area (Å²) in [6, 6.07) is 11.5. The quantitative estimate of drug-likeness (QED) is 0.421. The van der Waals surface area contributed by atoms with Gasteiger partial charge in [-0.25, -0.2) is 14.2 Å². The molecule has 0 radical (unpaired) electrons. The zero-order valence-corrected chi connectivity index (χ0v) is 20.5. The van der Waals surface area contributed by atoms with Gasteiger partial charge in [0.1, 0.15) is 40.6 Å². The molecule has 2 atom stereocenters. The van der Waals surface area contributed by atoms with Gasteiger partial charge in [0.25, 0.3) is 5.91 Å². The number of fused-ring (bicyclic) bond motifs is 1. The molecule has 1 aliphatic rings. The third-order valence-electron chi connectivity index (χ3n) is 6.44. The first-order valence-electron chi connectivity index (χ1n) is 11.3. The van der Waals surface area contributed by atoms with Crippen molar-refractivity contribution in [2.24, 2.45) is 5.73 Å². The van der Waals surface area contributed by atoms with E-state index in [9.17, 15) is 19.1 Å². The zero-order chi connectivity index (χ0) is 27.0. The Morgan fingerprint density at radius 3 is 2.65 bits per heavy atom. The number of hydrogen-bond acceptors (Lipinski definition) is 6. The predicted octanol–water partition coefficient (Wildman–Crippen LogP) is 3.47. The van der Waals surface area contributed by atoms with Crippen LogP contribution in [0.3, 0.4) is 0 Å². The van der Waals surface area contributed by atoms with E-state index in [1.807, 2.05) is 0 Å². The molecule has 1 aliphatic heterocycles. The van der Waals surface area contributed by atoms with Crippen LogP contribution < -0.4 is 20.5 Å². The molecule has 0 fully saturated rings. The third kappa shape index (κ3) is 4.69. The van der Waals surface area contributed by atoms with Crippen molar-refractivity contribution in [1.29, 1.82) is 0 Å². The molecule has 0 bridgehead atoms. The Morgan fingerprint density at radius 1 is 1.32 bits per heavy atom. The molecule has 4 rings (SSSR count). The van der Waals surface area contributed by atoms with Crippen LogP contribution in [0.5, 0.6) is 11.5 Å². The molecule has 192 valence electrons. The van der Waals surface area contributed by atoms with Gasteiger partial charge in [0.15, 0.2) is 0 Å². The van der Waals surface area contributed by atoms with E-state index in [0.29, 0.717) is 22.6 Å². The fourth-order valence-electron chi connectivity index (χ4n) is 4.02. The van der Waals surface area contributed by atoms with Crippen LogP contribution in [-0.2, 0) is 15.8 Å². The van der Waals surface area contributed by atoms with Crippen molar-refractivity contribution in [3.63, 3.8) is 0 Å². The van der Waals surface area contributed by atoms with Gasteiger partial charge < -0.3 is 25.6 Å². The van der Waals surface area contributed by atoms with E-state index >= 15 is 0 Å². The number of benzene rings is 2. The molecule has 1 aromatic heterocycles. The highest BCUT2D eigenvalue weighted by Crippen LogP contribution is 2.45. The molecule has 0 saturated heterocycles. The number of methoxy groups -OCH3 is 1. The highest BCUT2D eigenvalue weighted by Gasteiger charge is 2.45. The fourth-order valence-corrected chi connectivity index (χ4v) is 4.02. The summed E-state index contributed by atoms with van der Waals surface area (Å²) in [5.41, 5.74) is 4.75. The average molecular weight is 507 g/mol. The lowest BCUT2D eigenvalue weighted by Crippen LogP contribution is -2.41. The van der Waals surface area contributed by atoms with E-state index in [2.05, 4.69) is 15.1 Å². The monoisotopic (exact) mass is 506 g/mol. The van der Waals surface area contributed by atoms with Crippen molar-refractivity contribution >= 4 is 17.5 Å². The number of aromatic nitrogens is 1. The van der Waals surface area contributed by atoms with Crippen molar-refractivity contribution in [3.05, 3.63) is 82.6 Å². The lowest BCUT2D eigenvalue weighted by molar-refractivity contribution is -0.123. The molecule has 10 heteroatoms. The maximum absolute atomic E-state index is 13.6. The van der Waals surface area contributed by atoms with E-state index in [0.717, 1.165) is 0 Å². The summed E-state index contributed by atoms with van der Waals surface area (Å²) in [5.74, 6) is -0.971. The first-order chi connectivity index (χ1) is 17.5. The van der Waals surface area contributed by atoms with E-state index in [4.69, 9.17) is 21.8 Å². The van der Waals surface area contributed by atoms with Crippen LogP contribution in [0.25, 0.3) is 16.1 Å². The lowest BCUT2D eigenvalue weighted by Gasteiger charge is -2.26. The summed E-state index contributed by atoms with van der Waals surface area (Å²) in [7, 11) is 1.40. The highest BCUT2D eigenvalue weighted by atomic mass is 19.1. The van der Waals surface area contributed by atoms with E-state index in [1.54, 1.807) is 13.0 Å². The van der Waals surface area contributed by atoms with Gasteiger partial charge in [-0.2, -0.15) is 0 Å². The van der Waals surface area contributed by atoms with Crippen molar-refractivity contribution in [2.45, 2.75) is 24.9 Å². The molecule has 9 nitrogen and oxygen atoms in total. The number of amides is 2. The number of carbonyl (C=O) groups excluding carboxylic acids is 2. The second kappa shape index (κ2) is 9.52. The largest absolute Gasteiger partial charge is 0.508 e. The smallest absolute Gasteiger partial charge is 0.251 e. The van der Waals surface area contributed by atoms with Gasteiger partial charge in [0.05, 0.1) is 25.9 Å². The molecule has 2 amide bonds. The Labute approximate surface area is 214 Å². The first-order valence-corrected chi connectivity index (χ1v) is 11.3. The van der Waals surface area contributed by atoms with Crippen molar-refractivity contribution < 1.29 is 30.0 Å². The molecule has 2 aromatic carbocycles. The minimum atomic E-state index is -1.68. The number of hydrogen-bond donors (Lipinski definition) is 3. The SMILES string of the molecule is [C-]#[N+]c1ccc(C(=O)NC[C@](C)(O)c2cc3c(c(-c4ccc(F)cc4)n2)OC[C@]3(C)C(N)=O)cc1OC.[HH]. The van der Waals surface area contributed by atoms with Crippen LogP contribution in [0.4, 0.5) is 10.1 Å². The maximum Gasteiger partial charge on any atom is 0.251 e. The van der Waals surface area contributed by atoms with Crippen molar-refractivity contribution in [2.75, 3.05) is 20.3 Å². The second-order valence-corrected chi connectivity index (χ2v) is 9.18. The van der Waals surface area contributed by atoms with Crippen LogP contribution >= 0.6 is 0 Å². The molecule has 3 aromatic rings. The summed E-state index contributed by atoms with van der Waals surface area (Å²) in [6.45, 7) is 10.0. The summed E-state index contributed by atoms with van der Waals surface area (Å²) in [5, 5.41) is 14.0. The van der Waals surface area contributed by atoms with Gasteiger partial charge in [0, 0.05) is 18.1 Å². The molecule has 0 aliphatic carbocycles. The average Bonchev–Trinajstić information content (AvgIpc) is 3.24. The number of ether oxygens (including phenoxy) is 2. The Hall–Kier alpha value is -4.49. The number of primary amides is 1. The van der Waals surface area contributed by atoms with Gasteiger partial charge >= 0.3 is 0 Å². The Balaban J connectivity index is 0.00000400. The predicted molar refractivity (Wildman–Crippen MR) is 135 cm³/mol. The molecular weight excluding hydrogens is 479 g/mol. The molecule has 4 N–H and O–H groups in total. The van der Waals surface area contributed by atoms with Crippen LogP contribution in [0.1, 0.15) is 36.9 Å². The van der Waals surface area contributed by atoms with E-state index in [-0.39, 0.29) is 37.3 Å². The molecule has 0 spiro atoms. The third-order valence-corrected chi connectivity index (χ3v) is 6.44. The summed E-state index contributed by atoms with van der Waals surface area (Å²) in [4.78, 5) is 33.1. The lowest BCUT2D eigenvalue weighted by atomic mass is 9.82. The van der Waals surface area contributed by atoms with Crippen LogP contribution in [0.2, 0.25) is 0 Å². The van der Waals surface area contributed by atoms with Gasteiger partial charge in [-0.15, -0.1) is 0 Å². The standard InChI is InChI=1S/C27H25FN4O5.H2/c1-26(25(29)34)14-37-23-18(26)12-21(32-22(23)15-5-8-17(28)9-6-15)27(2,35)13-31-24(33)16-7-10-19(30-3)20(11-16)36-4;/h5-12,35H,13-14H2,1-2,4H3,(H2,29,34)(H,31,33);1H/t26-,27-;/m0./s1. The molecular formula is C27H27FN4O5. The van der Waals surface area contributed by atoms with Crippen LogP contribution in [-0.4, -0.2) is 42.2 Å². The molecule has 0 saturated carbocycles. The summed E-state index contributed by atoms with van der Waals surface area (Å²) >= 11 is 0. The number of carbonyl (C=O) groups is 2. The van der Waals surface area contributed by atoms with Crippen molar-refractivity contribution in [3.8, 4) is 22.8 Å².